The van der Waals surface area contributed by atoms with Crippen LogP contribution in [0.5, 0.6) is 5.75 Å². The van der Waals surface area contributed by atoms with Crippen LogP contribution in [0.3, 0.4) is 0 Å². The summed E-state index contributed by atoms with van der Waals surface area (Å²) in [6.45, 7) is 6.05. The molecule has 1 aromatic rings. The minimum atomic E-state index is 0.130. The zero-order valence-corrected chi connectivity index (χ0v) is 11.0. The van der Waals surface area contributed by atoms with E-state index in [2.05, 4.69) is 6.07 Å². The van der Waals surface area contributed by atoms with Crippen LogP contribution in [0.25, 0.3) is 0 Å². The molecule has 17 heavy (non-hydrogen) atoms. The number of ketones is 1. The lowest BCUT2D eigenvalue weighted by molar-refractivity contribution is 0.0912. The second-order valence-electron chi connectivity index (χ2n) is 5.15. The quantitative estimate of drug-likeness (QED) is 0.742. The number of rotatable bonds is 4. The van der Waals surface area contributed by atoms with E-state index in [1.54, 1.807) is 7.11 Å². The third-order valence-electron chi connectivity index (χ3n) is 3.65. The Hall–Kier alpha value is -1.31. The Balaban J connectivity index is 2.39. The maximum absolute atomic E-state index is 12.5. The summed E-state index contributed by atoms with van der Waals surface area (Å²) in [7, 11) is 1.63. The molecule has 0 aliphatic heterocycles. The van der Waals surface area contributed by atoms with Crippen LogP contribution in [0, 0.1) is 25.7 Å². The Morgan fingerprint density at radius 2 is 2.00 bits per heavy atom. The lowest BCUT2D eigenvalue weighted by atomic mass is 9.91. The van der Waals surface area contributed by atoms with Gasteiger partial charge in [0, 0.05) is 5.92 Å². The molecule has 0 heterocycles. The van der Waals surface area contributed by atoms with Crippen molar-refractivity contribution in [2.45, 2.75) is 33.6 Å². The zero-order valence-electron chi connectivity index (χ0n) is 11.0. The molecular formula is C15H20O2. The predicted molar refractivity (Wildman–Crippen MR) is 68.7 cm³/mol. The maximum atomic E-state index is 12.5. The molecular weight excluding hydrogens is 212 g/mol. The molecule has 1 unspecified atom stereocenters. The molecule has 1 atom stereocenters. The largest absolute Gasteiger partial charge is 0.496 e. The predicted octanol–water partition coefficient (Wildman–Crippen LogP) is 3.54. The zero-order chi connectivity index (χ0) is 12.6. The van der Waals surface area contributed by atoms with E-state index in [1.807, 2.05) is 26.8 Å². The minimum Gasteiger partial charge on any atom is -0.496 e. The van der Waals surface area contributed by atoms with E-state index in [1.165, 1.54) is 12.8 Å². The number of aryl methyl sites for hydroxylation is 2. The van der Waals surface area contributed by atoms with E-state index in [9.17, 15) is 4.79 Å². The minimum absolute atomic E-state index is 0.130. The Morgan fingerprint density at radius 1 is 1.35 bits per heavy atom. The molecule has 1 aromatic carbocycles. The molecule has 0 N–H and O–H groups in total. The summed E-state index contributed by atoms with van der Waals surface area (Å²) in [6, 6.07) is 4.00. The van der Waals surface area contributed by atoms with Gasteiger partial charge >= 0.3 is 0 Å². The van der Waals surface area contributed by atoms with Crippen molar-refractivity contribution in [3.8, 4) is 5.75 Å². The fourth-order valence-electron chi connectivity index (χ4n) is 2.44. The van der Waals surface area contributed by atoms with Crippen LogP contribution in [-0.2, 0) is 0 Å². The van der Waals surface area contributed by atoms with Crippen molar-refractivity contribution in [1.82, 2.24) is 0 Å². The van der Waals surface area contributed by atoms with E-state index < -0.39 is 0 Å². The number of carbonyl (C=O) groups excluding carboxylic acids is 1. The first-order valence-corrected chi connectivity index (χ1v) is 6.24. The number of benzene rings is 1. The van der Waals surface area contributed by atoms with Crippen molar-refractivity contribution in [2.24, 2.45) is 11.8 Å². The summed E-state index contributed by atoms with van der Waals surface area (Å²) in [5.74, 6) is 1.68. The van der Waals surface area contributed by atoms with Crippen molar-refractivity contribution in [1.29, 1.82) is 0 Å². The molecule has 2 rings (SSSR count). The van der Waals surface area contributed by atoms with E-state index in [-0.39, 0.29) is 11.7 Å². The van der Waals surface area contributed by atoms with Gasteiger partial charge in [0.15, 0.2) is 5.78 Å². The standard InChI is InChI=1S/C15H20O2/c1-9-7-10(2)14(13(8-9)17-4)15(16)11(3)12-5-6-12/h7-8,11-12H,5-6H2,1-4H3. The average molecular weight is 232 g/mol. The Kier molecular flexibility index (Phi) is 3.23. The Bertz CT molecular complexity index is 444. The number of hydrogen-bond acceptors (Lipinski definition) is 2. The first-order chi connectivity index (χ1) is 8.04. The highest BCUT2D eigenvalue weighted by atomic mass is 16.5. The molecule has 0 spiro atoms. The summed E-state index contributed by atoms with van der Waals surface area (Å²) in [4.78, 5) is 12.5. The molecule has 0 saturated heterocycles. The lowest BCUT2D eigenvalue weighted by Crippen LogP contribution is -2.16. The molecule has 92 valence electrons. The topological polar surface area (TPSA) is 26.3 Å². The second kappa shape index (κ2) is 4.52. The van der Waals surface area contributed by atoms with Gasteiger partial charge in [-0.3, -0.25) is 4.79 Å². The maximum Gasteiger partial charge on any atom is 0.169 e. The van der Waals surface area contributed by atoms with Gasteiger partial charge in [-0.05, 0) is 49.8 Å². The third-order valence-corrected chi connectivity index (χ3v) is 3.65. The number of hydrogen-bond donors (Lipinski definition) is 0. The molecule has 0 bridgehead atoms. The van der Waals surface area contributed by atoms with Crippen LogP contribution in [0.4, 0.5) is 0 Å². The van der Waals surface area contributed by atoms with Crippen LogP contribution in [-0.4, -0.2) is 12.9 Å². The smallest absolute Gasteiger partial charge is 0.169 e. The summed E-state index contributed by atoms with van der Waals surface area (Å²) >= 11 is 0. The first kappa shape index (κ1) is 12.2. The second-order valence-corrected chi connectivity index (χ2v) is 5.15. The van der Waals surface area contributed by atoms with Crippen molar-refractivity contribution in [3.05, 3.63) is 28.8 Å². The van der Waals surface area contributed by atoms with E-state index in [4.69, 9.17) is 4.74 Å². The summed E-state index contributed by atoms with van der Waals surface area (Å²) in [6.07, 6.45) is 2.39. The van der Waals surface area contributed by atoms with Crippen LogP contribution in [0.2, 0.25) is 0 Å². The van der Waals surface area contributed by atoms with Gasteiger partial charge in [-0.2, -0.15) is 0 Å². The number of Topliss-reactive ketones (excluding diaryl/α,β-unsaturated/α-hetero) is 1. The molecule has 0 amide bonds. The Labute approximate surface area is 103 Å². The van der Waals surface area contributed by atoms with Gasteiger partial charge in [0.1, 0.15) is 5.75 Å². The number of ether oxygens (including phenoxy) is 1. The third kappa shape index (κ3) is 2.36. The summed E-state index contributed by atoms with van der Waals surface area (Å²) < 4.78 is 5.36. The van der Waals surface area contributed by atoms with Crippen LogP contribution in [0.15, 0.2) is 12.1 Å². The molecule has 1 saturated carbocycles. The number of carbonyl (C=O) groups is 1. The van der Waals surface area contributed by atoms with Crippen LogP contribution < -0.4 is 4.74 Å². The van der Waals surface area contributed by atoms with Gasteiger partial charge in [0.25, 0.3) is 0 Å². The summed E-state index contributed by atoms with van der Waals surface area (Å²) in [5.41, 5.74) is 2.94. The van der Waals surface area contributed by atoms with E-state index >= 15 is 0 Å². The van der Waals surface area contributed by atoms with Gasteiger partial charge in [0.05, 0.1) is 12.7 Å². The molecule has 1 fully saturated rings. The molecule has 2 heteroatoms. The fraction of sp³-hybridized carbons (Fsp3) is 0.533. The van der Waals surface area contributed by atoms with Gasteiger partial charge in [0.2, 0.25) is 0 Å². The van der Waals surface area contributed by atoms with E-state index in [0.717, 1.165) is 22.4 Å². The van der Waals surface area contributed by atoms with Crippen molar-refractivity contribution in [3.63, 3.8) is 0 Å². The normalized spacial score (nSPS) is 16.7. The monoisotopic (exact) mass is 232 g/mol. The molecule has 1 aliphatic rings. The SMILES string of the molecule is COc1cc(C)cc(C)c1C(=O)C(C)C1CC1. The highest BCUT2D eigenvalue weighted by Crippen LogP contribution is 2.39. The molecule has 1 aliphatic carbocycles. The van der Waals surface area contributed by atoms with Crippen LogP contribution in [0.1, 0.15) is 41.3 Å². The van der Waals surface area contributed by atoms with Gasteiger partial charge in [-0.15, -0.1) is 0 Å². The lowest BCUT2D eigenvalue weighted by Gasteiger charge is -2.15. The highest BCUT2D eigenvalue weighted by molar-refractivity contribution is 6.01. The first-order valence-electron chi connectivity index (χ1n) is 6.24. The van der Waals surface area contributed by atoms with Crippen LogP contribution >= 0.6 is 0 Å². The van der Waals surface area contributed by atoms with Gasteiger partial charge in [-0.25, -0.2) is 0 Å². The van der Waals surface area contributed by atoms with Gasteiger partial charge < -0.3 is 4.74 Å². The summed E-state index contributed by atoms with van der Waals surface area (Å²) in [5, 5.41) is 0. The van der Waals surface area contributed by atoms with Crippen molar-refractivity contribution < 1.29 is 9.53 Å². The molecule has 0 aromatic heterocycles. The van der Waals surface area contributed by atoms with Crippen molar-refractivity contribution in [2.75, 3.05) is 7.11 Å². The van der Waals surface area contributed by atoms with Gasteiger partial charge in [-0.1, -0.05) is 13.0 Å². The number of methoxy groups -OCH3 is 1. The highest BCUT2D eigenvalue weighted by Gasteiger charge is 2.34. The molecule has 0 radical (unpaired) electrons. The fourth-order valence-corrected chi connectivity index (χ4v) is 2.44. The Morgan fingerprint density at radius 3 is 2.53 bits per heavy atom. The van der Waals surface area contributed by atoms with Crippen molar-refractivity contribution >= 4 is 5.78 Å². The van der Waals surface area contributed by atoms with E-state index in [0.29, 0.717) is 5.92 Å². The molecule has 2 nitrogen and oxygen atoms in total. The average Bonchev–Trinajstić information content (AvgIpc) is 3.09.